The second-order valence-corrected chi connectivity index (χ2v) is 7.14. The number of aliphatic hydroxyl groups excluding tert-OH is 1. The fourth-order valence-electron chi connectivity index (χ4n) is 3.31. The number of hydrogen-bond acceptors (Lipinski definition) is 7. The molecule has 0 spiro atoms. The van der Waals surface area contributed by atoms with Gasteiger partial charge in [0, 0.05) is 17.7 Å². The summed E-state index contributed by atoms with van der Waals surface area (Å²) in [6.07, 6.45) is 0.576. The molecular formula is C20H18O7. The van der Waals surface area contributed by atoms with Crippen LogP contribution in [0.15, 0.2) is 30.3 Å². The fraction of sp³-hybridized carbons (Fsp3) is 0.250. The predicted octanol–water partition coefficient (Wildman–Crippen LogP) is 2.66. The number of hydrogen-bond donors (Lipinski definition) is 4. The molecule has 4 rings (SSSR count). The summed E-state index contributed by atoms with van der Waals surface area (Å²) in [7, 11) is 0. The average Bonchev–Trinajstić information content (AvgIpc) is 2.57. The summed E-state index contributed by atoms with van der Waals surface area (Å²) in [5, 5.41) is 40.5. The predicted molar refractivity (Wildman–Crippen MR) is 95.3 cm³/mol. The number of Topliss-reactive ketones (excluding diaryl/α,β-unsaturated/α-hetero) is 1. The van der Waals surface area contributed by atoms with Crippen molar-refractivity contribution in [3.8, 4) is 28.7 Å². The molecule has 2 atom stereocenters. The van der Waals surface area contributed by atoms with E-state index in [0.29, 0.717) is 11.3 Å². The SMILES string of the molecule is CC1(C)C=Cc2c(cc3c(c2O)C(=O)[C@H](O)[C@@H](c2ccc(O)cc2O)O3)O1. The van der Waals surface area contributed by atoms with Crippen LogP contribution < -0.4 is 9.47 Å². The topological polar surface area (TPSA) is 116 Å². The van der Waals surface area contributed by atoms with Crippen molar-refractivity contribution in [2.24, 2.45) is 0 Å². The van der Waals surface area contributed by atoms with Crippen LogP contribution in [0.2, 0.25) is 0 Å². The van der Waals surface area contributed by atoms with Crippen molar-refractivity contribution in [2.45, 2.75) is 31.7 Å². The van der Waals surface area contributed by atoms with Crippen LogP contribution in [-0.2, 0) is 0 Å². The highest BCUT2D eigenvalue weighted by atomic mass is 16.5. The number of rotatable bonds is 1. The molecule has 27 heavy (non-hydrogen) atoms. The molecule has 0 amide bonds. The maximum absolute atomic E-state index is 12.7. The zero-order valence-electron chi connectivity index (χ0n) is 14.6. The summed E-state index contributed by atoms with van der Waals surface area (Å²) in [6.45, 7) is 3.69. The number of phenols is 3. The van der Waals surface area contributed by atoms with Crippen molar-refractivity contribution < 1.29 is 34.7 Å². The Kier molecular flexibility index (Phi) is 3.61. The number of carbonyl (C=O) groups excluding carboxylic acids is 1. The van der Waals surface area contributed by atoms with Gasteiger partial charge < -0.3 is 29.9 Å². The lowest BCUT2D eigenvalue weighted by atomic mass is 9.90. The Morgan fingerprint density at radius 3 is 2.52 bits per heavy atom. The standard InChI is InChI=1S/C20H18O7/c1-20(2)6-5-11-13(27-20)8-14-15(16(11)23)17(24)18(25)19(26-14)10-4-3-9(21)7-12(10)22/h3-8,18-19,21-23,25H,1-2H3/t18-,19+/m0/s1. The van der Waals surface area contributed by atoms with Gasteiger partial charge in [0.1, 0.15) is 39.9 Å². The number of ketones is 1. The minimum Gasteiger partial charge on any atom is -0.508 e. The van der Waals surface area contributed by atoms with Crippen molar-refractivity contribution in [2.75, 3.05) is 0 Å². The highest BCUT2D eigenvalue weighted by molar-refractivity contribution is 6.07. The van der Waals surface area contributed by atoms with Gasteiger partial charge in [-0.15, -0.1) is 0 Å². The van der Waals surface area contributed by atoms with Crippen molar-refractivity contribution in [1.29, 1.82) is 0 Å². The van der Waals surface area contributed by atoms with Crippen LogP contribution in [0, 0.1) is 0 Å². The van der Waals surface area contributed by atoms with E-state index < -0.39 is 23.6 Å². The number of ether oxygens (including phenoxy) is 2. The largest absolute Gasteiger partial charge is 0.508 e. The third-order valence-corrected chi connectivity index (χ3v) is 4.67. The molecule has 140 valence electrons. The Balaban J connectivity index is 1.83. The van der Waals surface area contributed by atoms with Crippen LogP contribution in [0.4, 0.5) is 0 Å². The number of benzene rings is 2. The molecule has 0 aromatic heterocycles. The number of phenolic OH excluding ortho intramolecular Hbond substituents is 3. The van der Waals surface area contributed by atoms with Crippen LogP contribution in [0.3, 0.4) is 0 Å². The van der Waals surface area contributed by atoms with Gasteiger partial charge in [0.2, 0.25) is 5.78 Å². The lowest BCUT2D eigenvalue weighted by Gasteiger charge is -2.33. The van der Waals surface area contributed by atoms with E-state index in [9.17, 15) is 25.2 Å². The Bertz CT molecular complexity index is 990. The molecule has 2 aromatic carbocycles. The quantitative estimate of drug-likeness (QED) is 0.610. The third-order valence-electron chi connectivity index (χ3n) is 4.67. The van der Waals surface area contributed by atoms with Crippen molar-refractivity contribution >= 4 is 11.9 Å². The van der Waals surface area contributed by atoms with E-state index in [4.69, 9.17) is 9.47 Å². The molecule has 0 radical (unpaired) electrons. The Labute approximate surface area is 154 Å². The van der Waals surface area contributed by atoms with Gasteiger partial charge in [-0.1, -0.05) is 0 Å². The molecule has 7 nitrogen and oxygen atoms in total. The van der Waals surface area contributed by atoms with Gasteiger partial charge in [-0.05, 0) is 38.1 Å². The van der Waals surface area contributed by atoms with Gasteiger partial charge in [-0.3, -0.25) is 4.79 Å². The highest BCUT2D eigenvalue weighted by Crippen LogP contribution is 2.48. The molecule has 0 aliphatic carbocycles. The molecule has 2 aliphatic rings. The van der Waals surface area contributed by atoms with Gasteiger partial charge in [-0.2, -0.15) is 0 Å². The van der Waals surface area contributed by atoms with Crippen molar-refractivity contribution in [3.63, 3.8) is 0 Å². The molecular weight excluding hydrogens is 352 g/mol. The van der Waals surface area contributed by atoms with Crippen LogP contribution in [0.5, 0.6) is 28.7 Å². The summed E-state index contributed by atoms with van der Waals surface area (Å²) >= 11 is 0. The first-order chi connectivity index (χ1) is 12.7. The second-order valence-electron chi connectivity index (χ2n) is 7.14. The van der Waals surface area contributed by atoms with E-state index in [1.165, 1.54) is 18.2 Å². The van der Waals surface area contributed by atoms with E-state index in [0.717, 1.165) is 6.07 Å². The summed E-state index contributed by atoms with van der Waals surface area (Å²) in [5.41, 5.74) is -0.259. The molecule has 7 heteroatoms. The van der Waals surface area contributed by atoms with Crippen LogP contribution in [0.25, 0.3) is 6.08 Å². The summed E-state index contributed by atoms with van der Waals surface area (Å²) in [5.74, 6) is -1.15. The number of fused-ring (bicyclic) bond motifs is 2. The van der Waals surface area contributed by atoms with Gasteiger partial charge >= 0.3 is 0 Å². The normalized spacial score (nSPS) is 22.4. The molecule has 2 heterocycles. The molecule has 2 aliphatic heterocycles. The van der Waals surface area contributed by atoms with Crippen molar-refractivity contribution in [3.05, 3.63) is 47.0 Å². The lowest BCUT2D eigenvalue weighted by molar-refractivity contribution is 0.0201. The zero-order chi connectivity index (χ0) is 19.5. The van der Waals surface area contributed by atoms with E-state index in [-0.39, 0.29) is 34.1 Å². The monoisotopic (exact) mass is 370 g/mol. The van der Waals surface area contributed by atoms with E-state index >= 15 is 0 Å². The molecule has 0 unspecified atom stereocenters. The molecule has 0 fully saturated rings. The number of aliphatic hydroxyl groups is 1. The minimum atomic E-state index is -1.64. The van der Waals surface area contributed by atoms with Crippen LogP contribution in [0.1, 0.15) is 41.4 Å². The first-order valence-electron chi connectivity index (χ1n) is 8.37. The zero-order valence-corrected chi connectivity index (χ0v) is 14.6. The van der Waals surface area contributed by atoms with Gasteiger partial charge in [0.15, 0.2) is 12.2 Å². The lowest BCUT2D eigenvalue weighted by Crippen LogP contribution is -2.36. The molecule has 0 saturated carbocycles. The van der Waals surface area contributed by atoms with Crippen LogP contribution >= 0.6 is 0 Å². The average molecular weight is 370 g/mol. The Hall–Kier alpha value is -3.19. The van der Waals surface area contributed by atoms with E-state index in [1.807, 2.05) is 13.8 Å². The second kappa shape index (κ2) is 5.65. The summed E-state index contributed by atoms with van der Waals surface area (Å²) in [4.78, 5) is 12.7. The third kappa shape index (κ3) is 2.67. The van der Waals surface area contributed by atoms with Crippen LogP contribution in [-0.4, -0.2) is 37.9 Å². The highest BCUT2D eigenvalue weighted by Gasteiger charge is 2.41. The van der Waals surface area contributed by atoms with Gasteiger partial charge in [0.25, 0.3) is 0 Å². The Morgan fingerprint density at radius 1 is 1.07 bits per heavy atom. The minimum absolute atomic E-state index is 0.0464. The van der Waals surface area contributed by atoms with Crippen molar-refractivity contribution in [1.82, 2.24) is 0 Å². The number of aromatic hydroxyl groups is 3. The van der Waals surface area contributed by atoms with Gasteiger partial charge in [0.05, 0.1) is 5.56 Å². The van der Waals surface area contributed by atoms with Gasteiger partial charge in [-0.25, -0.2) is 0 Å². The van der Waals surface area contributed by atoms with E-state index in [2.05, 4.69) is 0 Å². The summed E-state index contributed by atoms with van der Waals surface area (Å²) < 4.78 is 11.6. The van der Waals surface area contributed by atoms with E-state index in [1.54, 1.807) is 12.2 Å². The molecule has 2 aromatic rings. The maximum atomic E-state index is 12.7. The smallest absolute Gasteiger partial charge is 0.202 e. The first kappa shape index (κ1) is 17.2. The number of carbonyl (C=O) groups is 1. The summed E-state index contributed by atoms with van der Waals surface area (Å²) in [6, 6.07) is 5.25. The molecule has 0 bridgehead atoms. The molecule has 4 N–H and O–H groups in total. The maximum Gasteiger partial charge on any atom is 0.202 e. The Morgan fingerprint density at radius 2 is 1.81 bits per heavy atom. The fourth-order valence-corrected chi connectivity index (χ4v) is 3.31. The first-order valence-corrected chi connectivity index (χ1v) is 8.37. The molecule has 0 saturated heterocycles.